The maximum Gasteiger partial charge on any atom is 0.306 e. The molecule has 108 valence electrons. The normalized spacial score (nSPS) is 34.3. The molecule has 3 unspecified atom stereocenters. The Morgan fingerprint density at radius 2 is 1.84 bits per heavy atom. The van der Waals surface area contributed by atoms with Crippen molar-refractivity contribution in [1.82, 2.24) is 4.90 Å². The van der Waals surface area contributed by atoms with Crippen molar-refractivity contribution in [3.63, 3.8) is 0 Å². The number of hydrogen-bond donors (Lipinski definition) is 1. The summed E-state index contributed by atoms with van der Waals surface area (Å²) in [6.07, 6.45) is 3.99. The van der Waals surface area contributed by atoms with E-state index in [1.807, 2.05) is 4.90 Å². The van der Waals surface area contributed by atoms with Gasteiger partial charge in [-0.2, -0.15) is 0 Å². The standard InChI is InChI=1S/C15H25NO3/c1-10-8-15(2,3)16(9-10)13(17)11-5-4-6-12(7-11)14(18)19/h10-12H,4-9H2,1-3H3,(H,18,19). The highest BCUT2D eigenvalue weighted by Gasteiger charge is 2.42. The smallest absolute Gasteiger partial charge is 0.306 e. The van der Waals surface area contributed by atoms with Crippen LogP contribution in [-0.2, 0) is 9.59 Å². The number of aliphatic carboxylic acids is 1. The van der Waals surface area contributed by atoms with E-state index in [4.69, 9.17) is 5.11 Å². The number of amides is 1. The van der Waals surface area contributed by atoms with Gasteiger partial charge in [0.25, 0.3) is 0 Å². The number of carbonyl (C=O) groups excluding carboxylic acids is 1. The topological polar surface area (TPSA) is 57.6 Å². The van der Waals surface area contributed by atoms with E-state index in [1.165, 1.54) is 0 Å². The summed E-state index contributed by atoms with van der Waals surface area (Å²) >= 11 is 0. The molecule has 0 aromatic rings. The van der Waals surface area contributed by atoms with Crippen LogP contribution >= 0.6 is 0 Å². The van der Waals surface area contributed by atoms with Crippen LogP contribution in [-0.4, -0.2) is 34.0 Å². The van der Waals surface area contributed by atoms with E-state index in [1.54, 1.807) is 0 Å². The van der Waals surface area contributed by atoms with E-state index in [0.29, 0.717) is 12.3 Å². The molecular weight excluding hydrogens is 242 g/mol. The number of hydrogen-bond acceptors (Lipinski definition) is 2. The van der Waals surface area contributed by atoms with Gasteiger partial charge in [0.05, 0.1) is 5.92 Å². The summed E-state index contributed by atoms with van der Waals surface area (Å²) < 4.78 is 0. The van der Waals surface area contributed by atoms with Crippen LogP contribution in [0.1, 0.15) is 52.9 Å². The molecular formula is C15H25NO3. The predicted molar refractivity (Wildman–Crippen MR) is 72.7 cm³/mol. The molecule has 0 spiro atoms. The summed E-state index contributed by atoms with van der Waals surface area (Å²) in [5.74, 6) is -0.435. The molecule has 0 bridgehead atoms. The number of carboxylic acid groups (broad SMARTS) is 1. The van der Waals surface area contributed by atoms with Crippen molar-refractivity contribution in [3.8, 4) is 0 Å². The summed E-state index contributed by atoms with van der Waals surface area (Å²) in [4.78, 5) is 25.8. The Bertz CT molecular complexity index is 378. The van der Waals surface area contributed by atoms with Crippen LogP contribution < -0.4 is 0 Å². The second kappa shape index (κ2) is 5.14. The molecule has 1 N–H and O–H groups in total. The number of rotatable bonds is 2. The van der Waals surface area contributed by atoms with E-state index in [-0.39, 0.29) is 23.3 Å². The Kier molecular flexibility index (Phi) is 3.88. The van der Waals surface area contributed by atoms with Crippen LogP contribution in [0.15, 0.2) is 0 Å². The number of carbonyl (C=O) groups is 2. The molecule has 1 saturated heterocycles. The van der Waals surface area contributed by atoms with Gasteiger partial charge in [0, 0.05) is 18.0 Å². The Hall–Kier alpha value is -1.06. The van der Waals surface area contributed by atoms with Gasteiger partial charge in [-0.05, 0) is 45.4 Å². The largest absolute Gasteiger partial charge is 0.481 e. The van der Waals surface area contributed by atoms with Gasteiger partial charge in [0.2, 0.25) is 5.91 Å². The van der Waals surface area contributed by atoms with Crippen molar-refractivity contribution in [3.05, 3.63) is 0 Å². The summed E-state index contributed by atoms with van der Waals surface area (Å²) in [5.41, 5.74) is -0.0767. The molecule has 1 heterocycles. The second-order valence-corrected chi connectivity index (χ2v) is 6.97. The van der Waals surface area contributed by atoms with Crippen LogP contribution in [0.5, 0.6) is 0 Å². The highest BCUT2D eigenvalue weighted by molar-refractivity contribution is 5.81. The molecule has 2 aliphatic rings. The molecule has 1 aliphatic carbocycles. The lowest BCUT2D eigenvalue weighted by Crippen LogP contribution is -2.46. The Balaban J connectivity index is 2.05. The minimum Gasteiger partial charge on any atom is -0.481 e. The molecule has 2 fully saturated rings. The van der Waals surface area contributed by atoms with Gasteiger partial charge in [-0.15, -0.1) is 0 Å². The summed E-state index contributed by atoms with van der Waals surface area (Å²) in [6.45, 7) is 7.23. The van der Waals surface area contributed by atoms with Gasteiger partial charge >= 0.3 is 5.97 Å². The summed E-state index contributed by atoms with van der Waals surface area (Å²) in [5, 5.41) is 9.12. The third-order valence-corrected chi connectivity index (χ3v) is 4.71. The molecule has 0 aromatic carbocycles. The van der Waals surface area contributed by atoms with Crippen molar-refractivity contribution < 1.29 is 14.7 Å². The van der Waals surface area contributed by atoms with Crippen LogP contribution in [0.25, 0.3) is 0 Å². The third-order valence-electron chi connectivity index (χ3n) is 4.71. The quantitative estimate of drug-likeness (QED) is 0.836. The molecule has 19 heavy (non-hydrogen) atoms. The molecule has 3 atom stereocenters. The second-order valence-electron chi connectivity index (χ2n) is 6.97. The van der Waals surface area contributed by atoms with Gasteiger partial charge in [-0.1, -0.05) is 13.3 Å². The molecule has 0 aromatic heterocycles. The fourth-order valence-electron chi connectivity index (χ4n) is 3.83. The molecule has 1 aliphatic heterocycles. The van der Waals surface area contributed by atoms with Crippen molar-refractivity contribution in [1.29, 1.82) is 0 Å². The number of likely N-dealkylation sites (tertiary alicyclic amines) is 1. The number of carboxylic acids is 1. The van der Waals surface area contributed by atoms with E-state index in [2.05, 4.69) is 20.8 Å². The van der Waals surface area contributed by atoms with Crippen molar-refractivity contribution in [2.45, 2.75) is 58.4 Å². The van der Waals surface area contributed by atoms with Crippen LogP contribution in [0, 0.1) is 17.8 Å². The summed E-state index contributed by atoms with van der Waals surface area (Å²) in [7, 11) is 0. The van der Waals surface area contributed by atoms with E-state index < -0.39 is 5.97 Å². The Morgan fingerprint density at radius 3 is 2.37 bits per heavy atom. The first-order valence-electron chi connectivity index (χ1n) is 7.35. The SMILES string of the molecule is CC1CN(C(=O)C2CCCC(C(=O)O)C2)C(C)(C)C1. The van der Waals surface area contributed by atoms with E-state index >= 15 is 0 Å². The van der Waals surface area contributed by atoms with E-state index in [0.717, 1.165) is 32.2 Å². The zero-order chi connectivity index (χ0) is 14.2. The lowest BCUT2D eigenvalue weighted by Gasteiger charge is -2.36. The predicted octanol–water partition coefficient (Wildman–Crippen LogP) is 2.52. The minimum absolute atomic E-state index is 0.0767. The van der Waals surface area contributed by atoms with Crippen molar-refractivity contribution in [2.24, 2.45) is 17.8 Å². The third kappa shape index (κ3) is 2.93. The maximum atomic E-state index is 12.7. The van der Waals surface area contributed by atoms with Gasteiger partial charge in [0.1, 0.15) is 0 Å². The molecule has 4 heteroatoms. The zero-order valence-electron chi connectivity index (χ0n) is 12.2. The fourth-order valence-corrected chi connectivity index (χ4v) is 3.83. The Morgan fingerprint density at radius 1 is 1.21 bits per heavy atom. The average Bonchev–Trinajstić information content (AvgIpc) is 2.61. The van der Waals surface area contributed by atoms with Crippen molar-refractivity contribution in [2.75, 3.05) is 6.54 Å². The minimum atomic E-state index is -0.744. The average molecular weight is 267 g/mol. The van der Waals surface area contributed by atoms with Crippen LogP contribution in [0.2, 0.25) is 0 Å². The fraction of sp³-hybridized carbons (Fsp3) is 0.867. The van der Waals surface area contributed by atoms with Crippen LogP contribution in [0.3, 0.4) is 0 Å². The van der Waals surface area contributed by atoms with E-state index in [9.17, 15) is 9.59 Å². The first-order chi connectivity index (χ1) is 8.81. The van der Waals surface area contributed by atoms with Crippen molar-refractivity contribution >= 4 is 11.9 Å². The summed E-state index contributed by atoms with van der Waals surface area (Å²) in [6, 6.07) is 0. The molecule has 2 rings (SSSR count). The van der Waals surface area contributed by atoms with Gasteiger partial charge in [-0.25, -0.2) is 0 Å². The van der Waals surface area contributed by atoms with Crippen LogP contribution in [0.4, 0.5) is 0 Å². The first-order valence-corrected chi connectivity index (χ1v) is 7.35. The lowest BCUT2D eigenvalue weighted by molar-refractivity contribution is -0.146. The molecule has 0 radical (unpaired) electrons. The molecule has 1 amide bonds. The van der Waals surface area contributed by atoms with Gasteiger partial charge in [-0.3, -0.25) is 9.59 Å². The highest BCUT2D eigenvalue weighted by Crippen LogP contribution is 2.37. The zero-order valence-corrected chi connectivity index (χ0v) is 12.2. The first kappa shape index (κ1) is 14.4. The lowest BCUT2D eigenvalue weighted by atomic mass is 9.80. The maximum absolute atomic E-state index is 12.7. The Labute approximate surface area is 115 Å². The number of nitrogens with zero attached hydrogens (tertiary/aromatic N) is 1. The molecule has 1 saturated carbocycles. The van der Waals surface area contributed by atoms with Gasteiger partial charge < -0.3 is 10.0 Å². The highest BCUT2D eigenvalue weighted by atomic mass is 16.4. The van der Waals surface area contributed by atoms with Gasteiger partial charge in [0.15, 0.2) is 0 Å². The monoisotopic (exact) mass is 267 g/mol. The molecule has 4 nitrogen and oxygen atoms in total.